The van der Waals surface area contributed by atoms with Crippen molar-refractivity contribution in [2.45, 2.75) is 19.5 Å². The molecule has 30 heavy (non-hydrogen) atoms. The van der Waals surface area contributed by atoms with Crippen molar-refractivity contribution < 1.29 is 32.2 Å². The Bertz CT molecular complexity index is 959. The van der Waals surface area contributed by atoms with Crippen LogP contribution in [-0.2, 0) is 11.0 Å². The van der Waals surface area contributed by atoms with Gasteiger partial charge >= 0.3 is 6.18 Å². The maximum atomic E-state index is 13.0. The van der Waals surface area contributed by atoms with Crippen LogP contribution in [0, 0.1) is 0 Å². The van der Waals surface area contributed by atoms with Crippen molar-refractivity contribution in [2.75, 3.05) is 19.5 Å². The van der Waals surface area contributed by atoms with E-state index >= 15 is 0 Å². The maximum Gasteiger partial charge on any atom is 0.418 e. The van der Waals surface area contributed by atoms with Crippen LogP contribution in [0.1, 0.15) is 29.3 Å². The molecule has 0 heterocycles. The molecular formula is C20H20F3N3O4. The first kappa shape index (κ1) is 22.7. The van der Waals surface area contributed by atoms with Gasteiger partial charge in [0.15, 0.2) is 11.5 Å². The third-order valence-corrected chi connectivity index (χ3v) is 3.92. The molecule has 0 atom stereocenters. The summed E-state index contributed by atoms with van der Waals surface area (Å²) in [7, 11) is 2.89. The summed E-state index contributed by atoms with van der Waals surface area (Å²) in [5, 5.41) is 6.03. The average Bonchev–Trinajstić information content (AvgIpc) is 2.70. The van der Waals surface area contributed by atoms with Crippen LogP contribution < -0.4 is 20.2 Å². The number of anilines is 1. The second kappa shape index (κ2) is 9.77. The summed E-state index contributed by atoms with van der Waals surface area (Å²) >= 11 is 0. The predicted molar refractivity (Wildman–Crippen MR) is 105 cm³/mol. The van der Waals surface area contributed by atoms with Crippen LogP contribution in [0.3, 0.4) is 0 Å². The zero-order valence-electron chi connectivity index (χ0n) is 16.5. The summed E-state index contributed by atoms with van der Waals surface area (Å²) in [5.41, 5.74) is 1.43. The molecular weight excluding hydrogens is 403 g/mol. The van der Waals surface area contributed by atoms with Crippen molar-refractivity contribution >= 4 is 23.2 Å². The lowest BCUT2D eigenvalue weighted by atomic mass is 10.1. The van der Waals surface area contributed by atoms with Crippen LogP contribution in [-0.4, -0.2) is 31.7 Å². The fraction of sp³-hybridized carbons (Fsp3) is 0.250. The van der Waals surface area contributed by atoms with Crippen LogP contribution in [0.5, 0.6) is 11.5 Å². The molecule has 0 bridgehead atoms. The van der Waals surface area contributed by atoms with E-state index in [1.165, 1.54) is 45.4 Å². The van der Waals surface area contributed by atoms with Gasteiger partial charge in [0, 0.05) is 11.3 Å². The SMILES string of the molecule is COc1ccc(C(=O)N/N=C(/C)CC(=O)Nc2ccccc2C(F)(F)F)cc1OC. The van der Waals surface area contributed by atoms with E-state index in [4.69, 9.17) is 9.47 Å². The summed E-state index contributed by atoms with van der Waals surface area (Å²) < 4.78 is 49.2. The van der Waals surface area contributed by atoms with Crippen molar-refractivity contribution in [3.8, 4) is 11.5 Å². The number of nitrogens with one attached hydrogen (secondary N) is 2. The molecule has 2 amide bonds. The predicted octanol–water partition coefficient (Wildman–Crippen LogP) is 3.86. The van der Waals surface area contributed by atoms with Crippen molar-refractivity contribution in [1.29, 1.82) is 0 Å². The number of methoxy groups -OCH3 is 2. The van der Waals surface area contributed by atoms with Gasteiger partial charge < -0.3 is 14.8 Å². The highest BCUT2D eigenvalue weighted by atomic mass is 19.4. The highest BCUT2D eigenvalue weighted by Crippen LogP contribution is 2.34. The Kier molecular flexibility index (Phi) is 7.40. The number of carbonyl (C=O) groups is 2. The van der Waals surface area contributed by atoms with Crippen molar-refractivity contribution in [3.63, 3.8) is 0 Å². The van der Waals surface area contributed by atoms with Crippen LogP contribution >= 0.6 is 0 Å². The molecule has 160 valence electrons. The van der Waals surface area contributed by atoms with E-state index in [9.17, 15) is 22.8 Å². The van der Waals surface area contributed by atoms with E-state index in [-0.39, 0.29) is 23.4 Å². The van der Waals surface area contributed by atoms with Crippen LogP contribution in [0.25, 0.3) is 0 Å². The lowest BCUT2D eigenvalue weighted by Gasteiger charge is -2.13. The number of benzene rings is 2. The van der Waals surface area contributed by atoms with E-state index in [0.29, 0.717) is 11.5 Å². The lowest BCUT2D eigenvalue weighted by Crippen LogP contribution is -2.22. The molecule has 0 aromatic heterocycles. The molecule has 0 saturated heterocycles. The Balaban J connectivity index is 2.00. The Hall–Kier alpha value is -3.56. The van der Waals surface area contributed by atoms with E-state index < -0.39 is 23.6 Å². The molecule has 2 rings (SSSR count). The van der Waals surface area contributed by atoms with Crippen LogP contribution in [0.2, 0.25) is 0 Å². The minimum atomic E-state index is -4.60. The summed E-state index contributed by atoms with van der Waals surface area (Å²) in [4.78, 5) is 24.3. The number of rotatable bonds is 7. The quantitative estimate of drug-likeness (QED) is 0.523. The van der Waals surface area contributed by atoms with E-state index in [0.717, 1.165) is 12.1 Å². The van der Waals surface area contributed by atoms with Gasteiger partial charge in [0.1, 0.15) is 0 Å². The molecule has 7 nitrogen and oxygen atoms in total. The number of halogens is 3. The number of ether oxygens (including phenoxy) is 2. The topological polar surface area (TPSA) is 89.0 Å². The fourth-order valence-corrected chi connectivity index (χ4v) is 2.49. The van der Waals surface area contributed by atoms with Gasteiger partial charge in [0.2, 0.25) is 5.91 Å². The summed E-state index contributed by atoms with van der Waals surface area (Å²) in [5.74, 6) is -0.454. The molecule has 0 aliphatic rings. The zero-order valence-corrected chi connectivity index (χ0v) is 16.5. The standard InChI is InChI=1S/C20H20F3N3O4/c1-12(10-18(27)24-15-7-5-4-6-14(15)20(21,22)23)25-26-19(28)13-8-9-16(29-2)17(11-13)30-3/h4-9,11H,10H2,1-3H3,(H,24,27)(H,26,28)/b25-12-. The van der Waals surface area contributed by atoms with Gasteiger partial charge in [0.05, 0.1) is 31.9 Å². The number of hydrogen-bond donors (Lipinski definition) is 2. The monoisotopic (exact) mass is 423 g/mol. The number of carbonyl (C=O) groups excluding carboxylic acids is 2. The largest absolute Gasteiger partial charge is 0.493 e. The average molecular weight is 423 g/mol. The molecule has 0 spiro atoms. The number of amides is 2. The first-order valence-corrected chi connectivity index (χ1v) is 8.67. The fourth-order valence-electron chi connectivity index (χ4n) is 2.49. The first-order chi connectivity index (χ1) is 14.2. The van der Waals surface area contributed by atoms with Crippen molar-refractivity contribution in [3.05, 3.63) is 53.6 Å². The van der Waals surface area contributed by atoms with E-state index in [2.05, 4.69) is 15.8 Å². The second-order valence-corrected chi connectivity index (χ2v) is 6.13. The Morgan fingerprint density at radius 3 is 2.33 bits per heavy atom. The van der Waals surface area contributed by atoms with Gasteiger partial charge in [-0.25, -0.2) is 5.43 Å². The number of alkyl halides is 3. The molecule has 0 saturated carbocycles. The Morgan fingerprint density at radius 2 is 1.70 bits per heavy atom. The zero-order chi connectivity index (χ0) is 22.3. The molecule has 2 aromatic carbocycles. The third kappa shape index (κ3) is 5.97. The van der Waals surface area contributed by atoms with Gasteiger partial charge in [0.25, 0.3) is 5.91 Å². The number of hydrogen-bond acceptors (Lipinski definition) is 5. The second-order valence-electron chi connectivity index (χ2n) is 6.13. The van der Waals surface area contributed by atoms with Gasteiger partial charge in [-0.2, -0.15) is 18.3 Å². The lowest BCUT2D eigenvalue weighted by molar-refractivity contribution is -0.137. The molecule has 2 N–H and O–H groups in total. The van der Waals surface area contributed by atoms with Crippen molar-refractivity contribution in [2.24, 2.45) is 5.10 Å². The highest BCUT2D eigenvalue weighted by molar-refractivity contribution is 6.06. The number of nitrogens with zero attached hydrogens (tertiary/aromatic N) is 1. The summed E-state index contributed by atoms with van der Waals surface area (Å²) in [6, 6.07) is 9.16. The van der Waals surface area contributed by atoms with Crippen LogP contribution in [0.4, 0.5) is 18.9 Å². The molecule has 0 radical (unpaired) electrons. The third-order valence-electron chi connectivity index (χ3n) is 3.92. The number of para-hydroxylation sites is 1. The van der Waals surface area contributed by atoms with E-state index in [1.807, 2.05) is 0 Å². The summed E-state index contributed by atoms with van der Waals surface area (Å²) in [6.45, 7) is 1.46. The maximum absolute atomic E-state index is 13.0. The van der Waals surface area contributed by atoms with Gasteiger partial charge in [-0.15, -0.1) is 0 Å². The minimum absolute atomic E-state index is 0.200. The molecule has 0 unspecified atom stereocenters. The van der Waals surface area contributed by atoms with Gasteiger partial charge in [-0.3, -0.25) is 9.59 Å². The van der Waals surface area contributed by atoms with E-state index in [1.54, 1.807) is 6.07 Å². The molecule has 0 aliphatic heterocycles. The van der Waals surface area contributed by atoms with Crippen LogP contribution in [0.15, 0.2) is 47.6 Å². The van der Waals surface area contributed by atoms with Crippen molar-refractivity contribution in [1.82, 2.24) is 5.43 Å². The molecule has 0 aliphatic carbocycles. The molecule has 0 fully saturated rings. The highest BCUT2D eigenvalue weighted by Gasteiger charge is 2.33. The summed E-state index contributed by atoms with van der Waals surface area (Å²) in [6.07, 6.45) is -4.90. The smallest absolute Gasteiger partial charge is 0.418 e. The Morgan fingerprint density at radius 1 is 1.03 bits per heavy atom. The normalized spacial score (nSPS) is 11.6. The van der Waals surface area contributed by atoms with Gasteiger partial charge in [-0.05, 0) is 37.3 Å². The number of hydrazone groups is 1. The first-order valence-electron chi connectivity index (χ1n) is 8.67. The van der Waals surface area contributed by atoms with Gasteiger partial charge in [-0.1, -0.05) is 12.1 Å². The molecule has 2 aromatic rings. The molecule has 10 heteroatoms. The Labute approximate surface area is 170 Å². The minimum Gasteiger partial charge on any atom is -0.493 e.